The molecular formula is C15H22N4S. The van der Waals surface area contributed by atoms with Gasteiger partial charge in [-0.15, -0.1) is 11.3 Å². The summed E-state index contributed by atoms with van der Waals surface area (Å²) in [5, 5.41) is 5.37. The first-order valence-electron chi connectivity index (χ1n) is 6.97. The number of thiophene rings is 1. The van der Waals surface area contributed by atoms with Crippen LogP contribution < -0.4 is 10.2 Å². The zero-order valence-corrected chi connectivity index (χ0v) is 13.2. The average molecular weight is 290 g/mol. The van der Waals surface area contributed by atoms with E-state index in [0.29, 0.717) is 6.04 Å². The second-order valence-electron chi connectivity index (χ2n) is 4.89. The number of hydrogen-bond acceptors (Lipinski definition) is 5. The molecule has 0 aliphatic rings. The minimum atomic E-state index is 0.405. The van der Waals surface area contributed by atoms with Crippen molar-refractivity contribution in [3.05, 3.63) is 40.5 Å². The Labute approximate surface area is 124 Å². The molecule has 0 aliphatic heterocycles. The summed E-state index contributed by atoms with van der Waals surface area (Å²) in [6.45, 7) is 6.02. The van der Waals surface area contributed by atoms with Gasteiger partial charge in [-0.2, -0.15) is 0 Å². The monoisotopic (exact) mass is 290 g/mol. The Morgan fingerprint density at radius 1 is 1.35 bits per heavy atom. The van der Waals surface area contributed by atoms with E-state index in [9.17, 15) is 0 Å². The first-order chi connectivity index (χ1) is 9.70. The molecule has 0 amide bonds. The molecule has 2 aromatic heterocycles. The van der Waals surface area contributed by atoms with Gasteiger partial charge in [-0.05, 0) is 24.9 Å². The lowest BCUT2D eigenvalue weighted by Crippen LogP contribution is -2.31. The Hall–Kier alpha value is -1.46. The van der Waals surface area contributed by atoms with Gasteiger partial charge in [0, 0.05) is 30.9 Å². The Bertz CT molecular complexity index is 495. The molecule has 1 atom stereocenters. The molecule has 2 aromatic rings. The van der Waals surface area contributed by atoms with E-state index in [0.717, 1.165) is 31.0 Å². The van der Waals surface area contributed by atoms with Crippen LogP contribution in [0.1, 0.15) is 24.4 Å². The van der Waals surface area contributed by atoms with E-state index in [1.165, 1.54) is 4.88 Å². The first kappa shape index (κ1) is 14.9. The Morgan fingerprint density at radius 3 is 2.80 bits per heavy atom. The van der Waals surface area contributed by atoms with Gasteiger partial charge < -0.3 is 10.2 Å². The Balaban J connectivity index is 1.95. The summed E-state index contributed by atoms with van der Waals surface area (Å²) in [6.07, 6.45) is 4.75. The largest absolute Gasteiger partial charge is 0.355 e. The van der Waals surface area contributed by atoms with Gasteiger partial charge in [0.15, 0.2) is 0 Å². The van der Waals surface area contributed by atoms with Gasteiger partial charge in [-0.25, -0.2) is 4.98 Å². The second-order valence-corrected chi connectivity index (χ2v) is 5.92. The zero-order valence-electron chi connectivity index (χ0n) is 12.3. The molecule has 2 rings (SSSR count). The van der Waals surface area contributed by atoms with Crippen LogP contribution in [0, 0.1) is 0 Å². The molecular weight excluding hydrogens is 268 g/mol. The van der Waals surface area contributed by atoms with Gasteiger partial charge in [0.25, 0.3) is 0 Å². The molecule has 0 spiro atoms. The molecule has 20 heavy (non-hydrogen) atoms. The third-order valence-electron chi connectivity index (χ3n) is 3.35. The van der Waals surface area contributed by atoms with Crippen molar-refractivity contribution in [2.24, 2.45) is 0 Å². The molecule has 1 N–H and O–H groups in total. The average Bonchev–Trinajstić information content (AvgIpc) is 2.97. The maximum atomic E-state index is 4.51. The fourth-order valence-corrected chi connectivity index (χ4v) is 2.78. The molecule has 0 saturated carbocycles. The van der Waals surface area contributed by atoms with Gasteiger partial charge in [-0.1, -0.05) is 13.0 Å². The summed E-state index contributed by atoms with van der Waals surface area (Å²) in [4.78, 5) is 12.5. The third-order valence-corrected chi connectivity index (χ3v) is 4.25. The number of rotatable bonds is 7. The first-order valence-corrected chi connectivity index (χ1v) is 7.85. The van der Waals surface area contributed by atoms with Gasteiger partial charge in [0.1, 0.15) is 5.82 Å². The third kappa shape index (κ3) is 4.02. The van der Waals surface area contributed by atoms with Crippen LogP contribution in [0.2, 0.25) is 0 Å². The van der Waals surface area contributed by atoms with Crippen molar-refractivity contribution in [3.8, 4) is 0 Å². The van der Waals surface area contributed by atoms with Crippen LogP contribution in [0.15, 0.2) is 29.9 Å². The van der Waals surface area contributed by atoms with Crippen molar-refractivity contribution >= 4 is 17.2 Å². The number of aromatic nitrogens is 2. The maximum Gasteiger partial charge on any atom is 0.147 e. The summed E-state index contributed by atoms with van der Waals surface area (Å²) in [7, 11) is 2.08. The van der Waals surface area contributed by atoms with Crippen LogP contribution in [0.4, 0.5) is 5.82 Å². The van der Waals surface area contributed by atoms with E-state index in [-0.39, 0.29) is 0 Å². The quantitative estimate of drug-likeness (QED) is 0.851. The lowest BCUT2D eigenvalue weighted by Gasteiger charge is -2.25. The van der Waals surface area contributed by atoms with E-state index >= 15 is 0 Å². The molecule has 0 fully saturated rings. The molecule has 1 unspecified atom stereocenters. The van der Waals surface area contributed by atoms with Crippen LogP contribution in [0.3, 0.4) is 0 Å². The van der Waals surface area contributed by atoms with Crippen molar-refractivity contribution in [1.29, 1.82) is 0 Å². The van der Waals surface area contributed by atoms with Crippen LogP contribution in [-0.4, -0.2) is 29.6 Å². The van der Waals surface area contributed by atoms with E-state index in [1.807, 2.05) is 12.4 Å². The van der Waals surface area contributed by atoms with Crippen molar-refractivity contribution in [2.45, 2.75) is 32.9 Å². The van der Waals surface area contributed by atoms with Crippen molar-refractivity contribution in [1.82, 2.24) is 15.3 Å². The highest BCUT2D eigenvalue weighted by molar-refractivity contribution is 7.09. The van der Waals surface area contributed by atoms with Gasteiger partial charge in [-0.3, -0.25) is 4.98 Å². The summed E-state index contributed by atoms with van der Waals surface area (Å²) in [5.74, 6) is 0.925. The lowest BCUT2D eigenvalue weighted by atomic mass is 10.2. The minimum Gasteiger partial charge on any atom is -0.355 e. The highest BCUT2D eigenvalue weighted by Crippen LogP contribution is 2.17. The zero-order chi connectivity index (χ0) is 14.4. The molecule has 0 saturated heterocycles. The second kappa shape index (κ2) is 7.36. The van der Waals surface area contributed by atoms with E-state index in [2.05, 4.69) is 58.6 Å². The summed E-state index contributed by atoms with van der Waals surface area (Å²) < 4.78 is 0. The predicted octanol–water partition coefficient (Wildman–Crippen LogP) is 2.72. The van der Waals surface area contributed by atoms with Crippen molar-refractivity contribution in [3.63, 3.8) is 0 Å². The SMILES string of the molecule is CCNCc1cnc(N(C)C(C)Cc2cccs2)cn1. The predicted molar refractivity (Wildman–Crippen MR) is 85.3 cm³/mol. The topological polar surface area (TPSA) is 41.1 Å². The Morgan fingerprint density at radius 2 is 2.20 bits per heavy atom. The fraction of sp³-hybridized carbons (Fsp3) is 0.467. The normalized spacial score (nSPS) is 12.3. The van der Waals surface area contributed by atoms with E-state index in [4.69, 9.17) is 0 Å². The van der Waals surface area contributed by atoms with Crippen LogP contribution in [-0.2, 0) is 13.0 Å². The number of likely N-dealkylation sites (N-methyl/N-ethyl adjacent to an activating group) is 1. The molecule has 2 heterocycles. The molecule has 0 aromatic carbocycles. The number of anilines is 1. The molecule has 4 nitrogen and oxygen atoms in total. The van der Waals surface area contributed by atoms with E-state index in [1.54, 1.807) is 11.3 Å². The number of hydrogen-bond donors (Lipinski definition) is 1. The van der Waals surface area contributed by atoms with E-state index < -0.39 is 0 Å². The van der Waals surface area contributed by atoms with Crippen LogP contribution in [0.25, 0.3) is 0 Å². The van der Waals surface area contributed by atoms with Gasteiger partial charge in [0.05, 0.1) is 18.1 Å². The standard InChI is InChI=1S/C15H22N4S/c1-4-16-9-13-10-18-15(11-17-13)19(3)12(2)8-14-6-5-7-20-14/h5-7,10-12,16H,4,8-9H2,1-3H3. The highest BCUT2D eigenvalue weighted by Gasteiger charge is 2.12. The van der Waals surface area contributed by atoms with Gasteiger partial charge >= 0.3 is 0 Å². The number of nitrogens with one attached hydrogen (secondary N) is 1. The van der Waals surface area contributed by atoms with Crippen LogP contribution >= 0.6 is 11.3 Å². The Kier molecular flexibility index (Phi) is 5.49. The fourth-order valence-electron chi connectivity index (χ4n) is 1.96. The van der Waals surface area contributed by atoms with Crippen molar-refractivity contribution in [2.75, 3.05) is 18.5 Å². The summed E-state index contributed by atoms with van der Waals surface area (Å²) in [5.41, 5.74) is 0.981. The highest BCUT2D eigenvalue weighted by atomic mass is 32.1. The smallest absolute Gasteiger partial charge is 0.147 e. The van der Waals surface area contributed by atoms with Crippen molar-refractivity contribution < 1.29 is 0 Å². The molecule has 0 aliphatic carbocycles. The molecule has 0 bridgehead atoms. The molecule has 108 valence electrons. The minimum absolute atomic E-state index is 0.405. The molecule has 5 heteroatoms. The summed E-state index contributed by atoms with van der Waals surface area (Å²) >= 11 is 1.80. The maximum absolute atomic E-state index is 4.51. The van der Waals surface area contributed by atoms with Gasteiger partial charge in [0.2, 0.25) is 0 Å². The lowest BCUT2D eigenvalue weighted by molar-refractivity contribution is 0.672. The summed E-state index contributed by atoms with van der Waals surface area (Å²) in [6, 6.07) is 4.69. The van der Waals surface area contributed by atoms with Crippen LogP contribution in [0.5, 0.6) is 0 Å². The number of nitrogens with zero attached hydrogens (tertiary/aromatic N) is 3. The molecule has 0 radical (unpaired) electrons.